The minimum atomic E-state index is -0.336. The molecule has 0 saturated carbocycles. The molecule has 0 saturated heterocycles. The molecule has 26 heavy (non-hydrogen) atoms. The van der Waals surface area contributed by atoms with Gasteiger partial charge in [-0.3, -0.25) is 0 Å². The first-order valence-corrected chi connectivity index (χ1v) is 8.89. The second-order valence-electron chi connectivity index (χ2n) is 6.60. The van der Waals surface area contributed by atoms with E-state index in [1.54, 1.807) is 12.1 Å². The van der Waals surface area contributed by atoms with Gasteiger partial charge in [-0.2, -0.15) is 0 Å². The Morgan fingerprint density at radius 2 is 1.69 bits per heavy atom. The van der Waals surface area contributed by atoms with Crippen LogP contribution in [0.25, 0.3) is 21.8 Å². The highest BCUT2D eigenvalue weighted by Gasteiger charge is 2.15. The van der Waals surface area contributed by atoms with E-state index in [2.05, 4.69) is 37.5 Å². The normalized spacial score (nSPS) is 11.2. The molecule has 0 atom stereocenters. The number of nitrogens with zero attached hydrogens (tertiary/aromatic N) is 1. The Morgan fingerprint density at radius 1 is 0.962 bits per heavy atom. The van der Waals surface area contributed by atoms with Crippen LogP contribution in [0.1, 0.15) is 28.4 Å². The van der Waals surface area contributed by atoms with Gasteiger partial charge < -0.3 is 9.30 Å². The van der Waals surface area contributed by atoms with Gasteiger partial charge in [-0.05, 0) is 62.2 Å². The van der Waals surface area contributed by atoms with Crippen molar-refractivity contribution < 1.29 is 9.53 Å². The van der Waals surface area contributed by atoms with E-state index in [1.165, 1.54) is 27.5 Å². The van der Waals surface area contributed by atoms with Crippen LogP contribution in [0, 0.1) is 13.8 Å². The Bertz CT molecular complexity index is 1120. The van der Waals surface area contributed by atoms with Crippen LogP contribution in [0.15, 0.2) is 60.7 Å². The molecule has 0 fully saturated rings. The van der Waals surface area contributed by atoms with Crippen molar-refractivity contribution in [2.45, 2.75) is 27.3 Å². The molecule has 1 heterocycles. The molecule has 3 heteroatoms. The van der Waals surface area contributed by atoms with E-state index in [9.17, 15) is 4.79 Å². The van der Waals surface area contributed by atoms with E-state index < -0.39 is 0 Å². The van der Waals surface area contributed by atoms with Gasteiger partial charge in [-0.15, -0.1) is 0 Å². The van der Waals surface area contributed by atoms with E-state index in [-0.39, 0.29) is 5.97 Å². The predicted molar refractivity (Wildman–Crippen MR) is 106 cm³/mol. The van der Waals surface area contributed by atoms with Crippen LogP contribution in [0.5, 0.6) is 5.75 Å². The largest absolute Gasteiger partial charge is 0.423 e. The number of benzene rings is 3. The summed E-state index contributed by atoms with van der Waals surface area (Å²) in [7, 11) is 0. The molecule has 0 N–H and O–H groups in total. The molecule has 4 rings (SSSR count). The fourth-order valence-corrected chi connectivity index (χ4v) is 3.69. The van der Waals surface area contributed by atoms with Crippen molar-refractivity contribution in [3.05, 3.63) is 77.4 Å². The highest BCUT2D eigenvalue weighted by atomic mass is 16.5. The fourth-order valence-electron chi connectivity index (χ4n) is 3.69. The number of aryl methyl sites for hydroxylation is 3. The molecule has 1 aromatic heterocycles. The molecule has 0 unspecified atom stereocenters. The summed E-state index contributed by atoms with van der Waals surface area (Å²) in [5.74, 6) is 0.236. The molecule has 0 aliphatic heterocycles. The maximum atomic E-state index is 12.4. The Labute approximate surface area is 152 Å². The number of aromatic nitrogens is 1. The van der Waals surface area contributed by atoms with Crippen LogP contribution >= 0.6 is 0 Å². The first-order chi connectivity index (χ1) is 12.6. The first-order valence-electron chi connectivity index (χ1n) is 8.89. The fraction of sp³-hybridized carbons (Fsp3) is 0.174. The Balaban J connectivity index is 1.86. The maximum absolute atomic E-state index is 12.4. The minimum absolute atomic E-state index is 0.336. The zero-order valence-electron chi connectivity index (χ0n) is 15.2. The number of hydrogen-bond donors (Lipinski definition) is 0. The molecule has 0 radical (unpaired) electrons. The van der Waals surface area contributed by atoms with Crippen molar-refractivity contribution in [2.75, 3.05) is 0 Å². The lowest BCUT2D eigenvalue weighted by Crippen LogP contribution is -2.08. The first kappa shape index (κ1) is 16.4. The molecule has 0 aliphatic rings. The van der Waals surface area contributed by atoms with Gasteiger partial charge in [0.05, 0.1) is 11.1 Å². The lowest BCUT2D eigenvalue weighted by atomic mass is 10.0. The summed E-state index contributed by atoms with van der Waals surface area (Å²) in [6.45, 7) is 7.32. The summed E-state index contributed by atoms with van der Waals surface area (Å²) in [6.07, 6.45) is 0. The van der Waals surface area contributed by atoms with Crippen molar-refractivity contribution in [1.29, 1.82) is 0 Å². The number of carbonyl (C=O) groups is 1. The van der Waals surface area contributed by atoms with E-state index >= 15 is 0 Å². The summed E-state index contributed by atoms with van der Waals surface area (Å²) in [5, 5.41) is 2.36. The summed E-state index contributed by atoms with van der Waals surface area (Å²) in [6, 6.07) is 19.3. The SMILES string of the molecule is CCn1c2ccc(OC(=O)c3ccccc3)cc2c2c(C)ccc(C)c21. The van der Waals surface area contributed by atoms with Crippen molar-refractivity contribution in [3.8, 4) is 5.75 Å². The van der Waals surface area contributed by atoms with E-state index in [0.717, 1.165) is 11.9 Å². The van der Waals surface area contributed by atoms with Crippen LogP contribution < -0.4 is 4.74 Å². The number of hydrogen-bond acceptors (Lipinski definition) is 2. The molecule has 0 amide bonds. The summed E-state index contributed by atoms with van der Waals surface area (Å²) >= 11 is 0. The lowest BCUT2D eigenvalue weighted by Gasteiger charge is -2.06. The monoisotopic (exact) mass is 343 g/mol. The smallest absolute Gasteiger partial charge is 0.343 e. The third kappa shape index (κ3) is 2.57. The second-order valence-corrected chi connectivity index (χ2v) is 6.60. The van der Waals surface area contributed by atoms with Gasteiger partial charge in [0.25, 0.3) is 0 Å². The zero-order valence-corrected chi connectivity index (χ0v) is 15.2. The van der Waals surface area contributed by atoms with Crippen molar-refractivity contribution in [3.63, 3.8) is 0 Å². The molecule has 0 aliphatic carbocycles. The van der Waals surface area contributed by atoms with Gasteiger partial charge in [-0.25, -0.2) is 4.79 Å². The standard InChI is InChI=1S/C23H21NO2/c1-4-24-20-13-12-18(26-23(25)17-8-6-5-7-9-17)14-19(20)21-15(2)10-11-16(3)22(21)24/h5-14H,4H2,1-3H3. The number of esters is 1. The molecule has 0 spiro atoms. The lowest BCUT2D eigenvalue weighted by molar-refractivity contribution is 0.0735. The van der Waals surface area contributed by atoms with Crippen LogP contribution in [0.2, 0.25) is 0 Å². The van der Waals surface area contributed by atoms with Crippen LogP contribution in [-0.2, 0) is 6.54 Å². The van der Waals surface area contributed by atoms with Crippen LogP contribution in [-0.4, -0.2) is 10.5 Å². The van der Waals surface area contributed by atoms with Gasteiger partial charge in [0.1, 0.15) is 5.75 Å². The van der Waals surface area contributed by atoms with Crippen LogP contribution in [0.4, 0.5) is 0 Å². The zero-order chi connectivity index (χ0) is 18.3. The van der Waals surface area contributed by atoms with E-state index in [1.807, 2.05) is 36.4 Å². The Hall–Kier alpha value is -3.07. The number of carbonyl (C=O) groups excluding carboxylic acids is 1. The van der Waals surface area contributed by atoms with Crippen molar-refractivity contribution in [2.24, 2.45) is 0 Å². The number of rotatable bonds is 3. The number of fused-ring (bicyclic) bond motifs is 3. The third-order valence-electron chi connectivity index (χ3n) is 4.92. The maximum Gasteiger partial charge on any atom is 0.343 e. The quantitative estimate of drug-likeness (QED) is 0.355. The Kier molecular flexibility index (Phi) is 4.00. The van der Waals surface area contributed by atoms with E-state index in [4.69, 9.17) is 4.74 Å². The highest BCUT2D eigenvalue weighted by Crippen LogP contribution is 2.35. The molecule has 130 valence electrons. The molecule has 3 aromatic carbocycles. The molecule has 3 nitrogen and oxygen atoms in total. The van der Waals surface area contributed by atoms with Crippen molar-refractivity contribution >= 4 is 27.8 Å². The minimum Gasteiger partial charge on any atom is -0.423 e. The van der Waals surface area contributed by atoms with Gasteiger partial charge in [0.2, 0.25) is 0 Å². The average molecular weight is 343 g/mol. The second kappa shape index (κ2) is 6.34. The topological polar surface area (TPSA) is 31.2 Å². The van der Waals surface area contributed by atoms with Crippen molar-refractivity contribution in [1.82, 2.24) is 4.57 Å². The molecular formula is C23H21NO2. The summed E-state index contributed by atoms with van der Waals surface area (Å²) < 4.78 is 7.95. The van der Waals surface area contributed by atoms with Gasteiger partial charge >= 0.3 is 5.97 Å². The molecule has 4 aromatic rings. The Morgan fingerprint density at radius 3 is 2.42 bits per heavy atom. The highest BCUT2D eigenvalue weighted by molar-refractivity contribution is 6.11. The molecular weight excluding hydrogens is 322 g/mol. The molecule has 0 bridgehead atoms. The van der Waals surface area contributed by atoms with Gasteiger partial charge in [0, 0.05) is 22.8 Å². The summed E-state index contributed by atoms with van der Waals surface area (Å²) in [5.41, 5.74) is 5.46. The van der Waals surface area contributed by atoms with Gasteiger partial charge in [0.15, 0.2) is 0 Å². The van der Waals surface area contributed by atoms with E-state index in [0.29, 0.717) is 11.3 Å². The average Bonchev–Trinajstić information content (AvgIpc) is 3.00. The number of ether oxygens (including phenoxy) is 1. The predicted octanol–water partition coefficient (Wildman–Crippen LogP) is 5.65. The van der Waals surface area contributed by atoms with Crippen LogP contribution in [0.3, 0.4) is 0 Å². The third-order valence-corrected chi connectivity index (χ3v) is 4.92. The summed E-state index contributed by atoms with van der Waals surface area (Å²) in [4.78, 5) is 12.4. The van der Waals surface area contributed by atoms with Gasteiger partial charge in [-0.1, -0.05) is 30.3 Å².